The SMILES string of the molecule is C1CC2C3[SiH]C4C5C6CCCC7C6C5C7C5C(C1)C2C3C45. The summed E-state index contributed by atoms with van der Waals surface area (Å²) in [5.74, 6) is 15.4. The van der Waals surface area contributed by atoms with Crippen LogP contribution in [-0.2, 0) is 0 Å². The molecule has 0 aromatic carbocycles. The Morgan fingerprint density at radius 2 is 1.00 bits per heavy atom. The molecule has 1 heterocycles. The van der Waals surface area contributed by atoms with Gasteiger partial charge in [0.05, 0.1) is 0 Å². The summed E-state index contributed by atoms with van der Waals surface area (Å²) in [4.78, 5) is 0. The predicted octanol–water partition coefficient (Wildman–Crippen LogP) is 3.84. The molecule has 21 heavy (non-hydrogen) atoms. The zero-order chi connectivity index (χ0) is 13.0. The van der Waals surface area contributed by atoms with Crippen LogP contribution in [0.2, 0.25) is 11.1 Å². The Morgan fingerprint density at radius 1 is 0.429 bits per heavy atom. The van der Waals surface area contributed by atoms with E-state index in [4.69, 9.17) is 0 Å². The van der Waals surface area contributed by atoms with Gasteiger partial charge in [0.2, 0.25) is 0 Å². The highest BCUT2D eigenvalue weighted by Gasteiger charge is 2.81. The molecule has 14 atom stereocenters. The van der Waals surface area contributed by atoms with Gasteiger partial charge < -0.3 is 0 Å². The topological polar surface area (TPSA) is 0 Å². The van der Waals surface area contributed by atoms with Gasteiger partial charge in [0.25, 0.3) is 0 Å². The van der Waals surface area contributed by atoms with E-state index in [0.717, 1.165) is 9.52 Å². The first kappa shape index (κ1) is 10.9. The molecule has 14 unspecified atom stereocenters. The summed E-state index contributed by atoms with van der Waals surface area (Å²) in [6.45, 7) is 0. The smallest absolute Gasteiger partial charge is 0.0362 e. The summed E-state index contributed by atoms with van der Waals surface area (Å²) in [5, 5.41) is 0. The van der Waals surface area contributed by atoms with Crippen molar-refractivity contribution in [2.45, 2.75) is 49.6 Å². The second-order valence-electron chi connectivity index (χ2n) is 10.5. The lowest BCUT2D eigenvalue weighted by Gasteiger charge is -2.77. The van der Waals surface area contributed by atoms with Gasteiger partial charge in [-0.1, -0.05) is 19.3 Å². The van der Waals surface area contributed by atoms with Crippen LogP contribution in [0.4, 0.5) is 0 Å². The molecule has 8 fully saturated rings. The van der Waals surface area contributed by atoms with Crippen LogP contribution < -0.4 is 0 Å². The van der Waals surface area contributed by atoms with E-state index in [9.17, 15) is 0 Å². The van der Waals surface area contributed by atoms with Gasteiger partial charge >= 0.3 is 0 Å². The number of hydrogen-bond acceptors (Lipinski definition) is 0. The van der Waals surface area contributed by atoms with Crippen LogP contribution in [0, 0.1) is 71.0 Å². The summed E-state index contributed by atoms with van der Waals surface area (Å²) in [6.07, 6.45) is 9.89. The van der Waals surface area contributed by atoms with E-state index in [1.807, 2.05) is 0 Å². The Morgan fingerprint density at radius 3 is 1.81 bits per heavy atom. The molecule has 0 spiro atoms. The second-order valence-corrected chi connectivity index (χ2v) is 12.4. The van der Waals surface area contributed by atoms with Crippen molar-refractivity contribution in [3.8, 4) is 0 Å². The third kappa shape index (κ3) is 0.862. The molecule has 8 rings (SSSR count). The van der Waals surface area contributed by atoms with Crippen molar-refractivity contribution in [1.82, 2.24) is 0 Å². The molecule has 1 aliphatic heterocycles. The standard InChI is InChI=1S/C20H27Si/c1-3-7-11-9(5-1)15-16(11)13(7)14-8-4-2-6-10-12(8)17-18(14)20(15)21-19(10)17/h7-21H,1-6H2. The van der Waals surface area contributed by atoms with Gasteiger partial charge in [0.1, 0.15) is 0 Å². The van der Waals surface area contributed by atoms with Gasteiger partial charge in [-0.05, 0) is 101 Å². The molecule has 1 radical (unpaired) electrons. The number of rotatable bonds is 0. The summed E-state index contributed by atoms with van der Waals surface area (Å²) in [5.41, 5.74) is 2.66. The Labute approximate surface area is 130 Å². The van der Waals surface area contributed by atoms with E-state index in [0.29, 0.717) is 0 Å². The molecule has 1 saturated heterocycles. The van der Waals surface area contributed by atoms with Gasteiger partial charge in [-0.3, -0.25) is 0 Å². The van der Waals surface area contributed by atoms with Gasteiger partial charge in [-0.2, -0.15) is 0 Å². The van der Waals surface area contributed by atoms with Crippen LogP contribution in [-0.4, -0.2) is 9.52 Å². The van der Waals surface area contributed by atoms with Crippen LogP contribution in [0.25, 0.3) is 0 Å². The summed E-state index contributed by atoms with van der Waals surface area (Å²) in [7, 11) is 0.870. The van der Waals surface area contributed by atoms with Gasteiger partial charge in [0.15, 0.2) is 0 Å². The van der Waals surface area contributed by atoms with Crippen molar-refractivity contribution >= 4 is 9.52 Å². The average Bonchev–Trinajstić information content (AvgIpc) is 2.94. The first-order valence-electron chi connectivity index (χ1n) is 10.3. The zero-order valence-corrected chi connectivity index (χ0v) is 14.1. The highest BCUT2D eigenvalue weighted by Crippen LogP contribution is 2.87. The summed E-state index contributed by atoms with van der Waals surface area (Å²) in [6, 6.07) is 0. The summed E-state index contributed by atoms with van der Waals surface area (Å²) >= 11 is 0. The van der Waals surface area contributed by atoms with Crippen molar-refractivity contribution in [2.24, 2.45) is 71.0 Å². The van der Waals surface area contributed by atoms with E-state index in [2.05, 4.69) is 0 Å². The Balaban J connectivity index is 1.33. The van der Waals surface area contributed by atoms with E-state index in [1.54, 1.807) is 38.5 Å². The molecule has 0 aromatic rings. The Kier molecular flexibility index (Phi) is 1.60. The molecular weight excluding hydrogens is 268 g/mol. The predicted molar refractivity (Wildman–Crippen MR) is 84.2 cm³/mol. The van der Waals surface area contributed by atoms with E-state index >= 15 is 0 Å². The molecule has 111 valence electrons. The second kappa shape index (κ2) is 3.08. The molecule has 0 bridgehead atoms. The molecular formula is C20H27Si. The van der Waals surface area contributed by atoms with Crippen molar-refractivity contribution in [3.05, 3.63) is 0 Å². The molecule has 0 nitrogen and oxygen atoms in total. The maximum absolute atomic E-state index is 1.67. The minimum atomic E-state index is 0.870. The van der Waals surface area contributed by atoms with Crippen LogP contribution in [0.1, 0.15) is 38.5 Å². The van der Waals surface area contributed by atoms with E-state index in [-0.39, 0.29) is 0 Å². The fourth-order valence-electron chi connectivity index (χ4n) is 11.2. The van der Waals surface area contributed by atoms with E-state index in [1.165, 1.54) is 82.1 Å². The monoisotopic (exact) mass is 295 g/mol. The van der Waals surface area contributed by atoms with Gasteiger partial charge in [0, 0.05) is 9.52 Å². The molecule has 0 amide bonds. The van der Waals surface area contributed by atoms with E-state index < -0.39 is 0 Å². The largest absolute Gasteiger partial charge is 0.0527 e. The third-order valence-corrected chi connectivity index (χ3v) is 13.7. The maximum Gasteiger partial charge on any atom is 0.0362 e. The molecule has 0 aromatic heterocycles. The fraction of sp³-hybridized carbons (Fsp3) is 1.00. The highest BCUT2D eigenvalue weighted by atomic mass is 28.2. The van der Waals surface area contributed by atoms with Gasteiger partial charge in [-0.15, -0.1) is 0 Å². The van der Waals surface area contributed by atoms with Crippen molar-refractivity contribution in [3.63, 3.8) is 0 Å². The quantitative estimate of drug-likeness (QED) is 0.596. The van der Waals surface area contributed by atoms with Crippen LogP contribution in [0.15, 0.2) is 0 Å². The summed E-state index contributed by atoms with van der Waals surface area (Å²) < 4.78 is 0. The lowest BCUT2D eigenvalue weighted by molar-refractivity contribution is -0.280. The normalized spacial score (nSPS) is 80.0. The number of hydrogen-bond donors (Lipinski definition) is 0. The molecule has 1 heteroatoms. The van der Waals surface area contributed by atoms with Crippen molar-refractivity contribution in [2.75, 3.05) is 0 Å². The Hall–Kier alpha value is 0.217. The minimum absolute atomic E-state index is 0.870. The van der Waals surface area contributed by atoms with Crippen molar-refractivity contribution in [1.29, 1.82) is 0 Å². The lowest BCUT2D eigenvalue weighted by atomic mass is 9.29. The minimum Gasteiger partial charge on any atom is -0.0527 e. The highest BCUT2D eigenvalue weighted by molar-refractivity contribution is 6.42. The van der Waals surface area contributed by atoms with Crippen LogP contribution in [0.3, 0.4) is 0 Å². The molecule has 0 N–H and O–H groups in total. The number of fused-ring (bicyclic) bond motifs is 6. The van der Waals surface area contributed by atoms with Crippen molar-refractivity contribution < 1.29 is 0 Å². The first-order chi connectivity index (χ1) is 10.4. The zero-order valence-electron chi connectivity index (χ0n) is 12.9. The molecule has 7 saturated carbocycles. The van der Waals surface area contributed by atoms with Crippen LogP contribution in [0.5, 0.6) is 0 Å². The maximum atomic E-state index is 1.67. The molecule has 8 aliphatic rings. The lowest BCUT2D eigenvalue weighted by Crippen LogP contribution is -2.72. The van der Waals surface area contributed by atoms with Gasteiger partial charge in [-0.25, -0.2) is 0 Å². The Bertz CT molecular complexity index is 556. The fourth-order valence-corrected chi connectivity index (χ4v) is 14.8. The molecule has 7 aliphatic carbocycles. The average molecular weight is 296 g/mol. The first-order valence-corrected chi connectivity index (χ1v) is 11.6. The van der Waals surface area contributed by atoms with Crippen LogP contribution >= 0.6 is 0 Å². The third-order valence-electron chi connectivity index (χ3n) is 11.0.